The Morgan fingerprint density at radius 3 is 2.28 bits per heavy atom. The fraction of sp³-hybridized carbons (Fsp3) is 0.542. The number of carbonyl (C=O) groups excluding carboxylic acids is 1. The van der Waals surface area contributed by atoms with Gasteiger partial charge in [-0.05, 0) is 92.4 Å². The quantitative estimate of drug-likeness (QED) is 0.645. The summed E-state index contributed by atoms with van der Waals surface area (Å²) < 4.78 is 33.8. The van der Waals surface area contributed by atoms with E-state index in [1.54, 1.807) is 0 Å². The molecule has 3 N–H and O–H groups in total. The molecule has 1 aromatic heterocycles. The monoisotopic (exact) mass is 456 g/mol. The molecule has 8 heteroatoms. The zero-order valence-corrected chi connectivity index (χ0v) is 18.8. The normalized spacial score (nSPS) is 25.7. The molecule has 170 valence electrons. The first kappa shape index (κ1) is 20.3. The van der Waals surface area contributed by atoms with E-state index in [4.69, 9.17) is 4.42 Å². The molecule has 7 nitrogen and oxygen atoms in total. The Balaban J connectivity index is 1.26. The molecule has 1 unspecified atom stereocenters. The van der Waals surface area contributed by atoms with Gasteiger partial charge in [0, 0.05) is 23.2 Å². The van der Waals surface area contributed by atoms with E-state index in [1.165, 1.54) is 17.2 Å². The molecule has 7 rings (SSSR count). The van der Waals surface area contributed by atoms with Crippen molar-refractivity contribution < 1.29 is 22.7 Å². The number of aliphatic hydroxyl groups excluding tert-OH is 1. The molecule has 32 heavy (non-hydrogen) atoms. The van der Waals surface area contributed by atoms with E-state index in [-0.39, 0.29) is 16.9 Å². The number of hydrogen-bond donors (Lipinski definition) is 3. The molecule has 0 aliphatic heterocycles. The molecule has 1 atom stereocenters. The lowest BCUT2D eigenvalue weighted by Crippen LogP contribution is -2.34. The van der Waals surface area contributed by atoms with Gasteiger partial charge in [0.1, 0.15) is 5.76 Å². The number of anilines is 1. The summed E-state index contributed by atoms with van der Waals surface area (Å²) in [5.74, 6) is 0.835. The molecule has 0 saturated heterocycles. The summed E-state index contributed by atoms with van der Waals surface area (Å²) in [6.07, 6.45) is 8.80. The maximum Gasteiger partial charge on any atom is 0.333 e. The van der Waals surface area contributed by atoms with Crippen molar-refractivity contribution >= 4 is 21.7 Å². The molecule has 1 heterocycles. The molecule has 2 bridgehead atoms. The van der Waals surface area contributed by atoms with E-state index in [1.807, 2.05) is 0 Å². The first-order valence-electron chi connectivity index (χ1n) is 11.7. The second-order valence-electron chi connectivity index (χ2n) is 9.74. The van der Waals surface area contributed by atoms with Crippen molar-refractivity contribution in [2.45, 2.75) is 81.3 Å². The van der Waals surface area contributed by atoms with E-state index in [0.29, 0.717) is 11.3 Å². The maximum absolute atomic E-state index is 13.0. The highest BCUT2D eigenvalue weighted by molar-refractivity contribution is 7.89. The minimum absolute atomic E-state index is 0.130. The second kappa shape index (κ2) is 7.35. The topological polar surface area (TPSA) is 109 Å². The summed E-state index contributed by atoms with van der Waals surface area (Å²) in [5, 5.41) is 13.3. The third kappa shape index (κ3) is 3.18. The summed E-state index contributed by atoms with van der Waals surface area (Å²) in [5.41, 5.74) is 6.17. The largest absolute Gasteiger partial charge is 0.447 e. The van der Waals surface area contributed by atoms with Crippen LogP contribution in [0.3, 0.4) is 0 Å². The standard InChI is InChI=1S/C24H28N2O5S/c27-22-13-7-9-14(10-8-13)23-19(22)12-20(31-23)32(29,30)26-24(28)25-21-17-5-1-3-15(17)11-16-4-2-6-18(16)21/h11-14,22,27H,1-10H2,(H2,25,26,28). The zero-order valence-electron chi connectivity index (χ0n) is 17.9. The van der Waals surface area contributed by atoms with Crippen LogP contribution in [-0.4, -0.2) is 19.6 Å². The van der Waals surface area contributed by atoms with Gasteiger partial charge in [-0.25, -0.2) is 9.52 Å². The predicted octanol–water partition coefficient (Wildman–Crippen LogP) is 4.09. The average molecular weight is 457 g/mol. The number of sulfonamides is 1. The van der Waals surface area contributed by atoms with Gasteiger partial charge in [0.2, 0.25) is 5.09 Å². The van der Waals surface area contributed by atoms with E-state index in [2.05, 4.69) is 16.1 Å². The Hall–Kier alpha value is -2.32. The smallest absolute Gasteiger partial charge is 0.333 e. The number of aryl methyl sites for hydroxylation is 2. The Kier molecular flexibility index (Phi) is 4.66. The number of amides is 2. The van der Waals surface area contributed by atoms with E-state index in [0.717, 1.165) is 81.0 Å². The first-order chi connectivity index (χ1) is 15.4. The van der Waals surface area contributed by atoms with Gasteiger partial charge in [-0.2, -0.15) is 8.42 Å². The Bertz CT molecular complexity index is 1160. The van der Waals surface area contributed by atoms with E-state index < -0.39 is 22.2 Å². The number of nitrogens with one attached hydrogen (secondary N) is 2. The van der Waals surface area contributed by atoms with Gasteiger partial charge in [-0.3, -0.25) is 0 Å². The van der Waals surface area contributed by atoms with Crippen molar-refractivity contribution in [2.24, 2.45) is 5.92 Å². The van der Waals surface area contributed by atoms with E-state index in [9.17, 15) is 18.3 Å². The highest BCUT2D eigenvalue weighted by Gasteiger charge is 2.40. The summed E-state index contributed by atoms with van der Waals surface area (Å²) in [6, 6.07) is 2.90. The Labute approximate surface area is 187 Å². The van der Waals surface area contributed by atoms with Crippen molar-refractivity contribution in [1.82, 2.24) is 4.72 Å². The number of aliphatic hydroxyl groups is 1. The fourth-order valence-electron chi connectivity index (χ4n) is 6.31. The van der Waals surface area contributed by atoms with Crippen molar-refractivity contribution in [3.05, 3.63) is 45.7 Å². The lowest BCUT2D eigenvalue weighted by molar-refractivity contribution is 0.0910. The number of rotatable bonds is 3. The molecule has 5 aliphatic rings. The minimum atomic E-state index is -4.19. The molecule has 5 aliphatic carbocycles. The van der Waals surface area contributed by atoms with Gasteiger partial charge in [0.05, 0.1) is 6.10 Å². The lowest BCUT2D eigenvalue weighted by Gasteiger charge is -2.24. The predicted molar refractivity (Wildman–Crippen MR) is 118 cm³/mol. The van der Waals surface area contributed by atoms with Crippen LogP contribution in [0.5, 0.6) is 0 Å². The van der Waals surface area contributed by atoms with Gasteiger partial charge in [-0.15, -0.1) is 0 Å². The van der Waals surface area contributed by atoms with Crippen LogP contribution in [-0.2, 0) is 35.7 Å². The molecule has 0 radical (unpaired) electrons. The van der Waals surface area contributed by atoms with E-state index >= 15 is 0 Å². The molecular formula is C24H28N2O5S. The molecule has 0 spiro atoms. The molecule has 2 aromatic rings. The highest BCUT2D eigenvalue weighted by Crippen LogP contribution is 2.49. The van der Waals surface area contributed by atoms with Crippen LogP contribution in [0, 0.1) is 5.92 Å². The SMILES string of the molecule is O=C(Nc1c2c(cc3c1CCC3)CCC2)NS(=O)(=O)c1cc2c(o1)C1CCC(CC1)C2O. The van der Waals surface area contributed by atoms with Crippen molar-refractivity contribution in [2.75, 3.05) is 5.32 Å². The van der Waals surface area contributed by atoms with Crippen molar-refractivity contribution in [3.63, 3.8) is 0 Å². The number of benzene rings is 1. The van der Waals surface area contributed by atoms with Crippen molar-refractivity contribution in [1.29, 1.82) is 0 Å². The average Bonchev–Trinajstić information content (AvgIpc) is 3.50. The van der Waals surface area contributed by atoms with Crippen LogP contribution >= 0.6 is 0 Å². The molecular weight excluding hydrogens is 428 g/mol. The van der Waals surface area contributed by atoms with Gasteiger partial charge < -0.3 is 14.8 Å². The minimum Gasteiger partial charge on any atom is -0.447 e. The zero-order chi connectivity index (χ0) is 22.0. The number of hydrogen-bond acceptors (Lipinski definition) is 5. The summed E-state index contributed by atoms with van der Waals surface area (Å²) in [4.78, 5) is 12.8. The van der Waals surface area contributed by atoms with Crippen LogP contribution in [0.15, 0.2) is 21.6 Å². The van der Waals surface area contributed by atoms with Gasteiger partial charge >= 0.3 is 6.03 Å². The van der Waals surface area contributed by atoms with Crippen LogP contribution < -0.4 is 10.0 Å². The van der Waals surface area contributed by atoms with Crippen molar-refractivity contribution in [3.8, 4) is 0 Å². The third-order valence-electron chi connectivity index (χ3n) is 7.88. The van der Waals surface area contributed by atoms with Gasteiger partial charge in [0.15, 0.2) is 0 Å². The van der Waals surface area contributed by atoms with Crippen LogP contribution in [0.4, 0.5) is 10.5 Å². The Morgan fingerprint density at radius 2 is 1.62 bits per heavy atom. The first-order valence-corrected chi connectivity index (χ1v) is 13.2. The number of fused-ring (bicyclic) bond motifs is 4. The lowest BCUT2D eigenvalue weighted by atomic mass is 9.83. The van der Waals surface area contributed by atoms with Gasteiger partial charge in [0.25, 0.3) is 10.0 Å². The van der Waals surface area contributed by atoms with Gasteiger partial charge in [-0.1, -0.05) is 6.07 Å². The number of urea groups is 1. The number of carbonyl (C=O) groups is 1. The fourth-order valence-corrected chi connectivity index (χ4v) is 7.18. The third-order valence-corrected chi connectivity index (χ3v) is 9.06. The molecule has 1 fully saturated rings. The van der Waals surface area contributed by atoms with Crippen LogP contribution in [0.1, 0.15) is 84.1 Å². The summed E-state index contributed by atoms with van der Waals surface area (Å²) in [6.45, 7) is 0. The molecule has 1 aromatic carbocycles. The highest BCUT2D eigenvalue weighted by atomic mass is 32.2. The van der Waals surface area contributed by atoms with Crippen LogP contribution in [0.2, 0.25) is 0 Å². The molecule has 2 amide bonds. The summed E-state index contributed by atoms with van der Waals surface area (Å²) in [7, 11) is -4.19. The number of furan rings is 1. The second-order valence-corrected chi connectivity index (χ2v) is 11.3. The Morgan fingerprint density at radius 1 is 0.969 bits per heavy atom. The maximum atomic E-state index is 13.0. The van der Waals surface area contributed by atoms with Crippen LogP contribution in [0.25, 0.3) is 0 Å². The summed E-state index contributed by atoms with van der Waals surface area (Å²) >= 11 is 0. The molecule has 1 saturated carbocycles.